The Bertz CT molecular complexity index is 375. The van der Waals surface area contributed by atoms with Gasteiger partial charge in [0.2, 0.25) is 0 Å². The molecule has 0 saturated heterocycles. The van der Waals surface area contributed by atoms with E-state index in [1.807, 2.05) is 6.07 Å². The zero-order valence-corrected chi connectivity index (χ0v) is 13.4. The van der Waals surface area contributed by atoms with E-state index in [0.29, 0.717) is 18.5 Å². The van der Waals surface area contributed by atoms with E-state index in [-0.39, 0.29) is 5.41 Å². The smallest absolute Gasteiger partial charge is 0.0213 e. The van der Waals surface area contributed by atoms with Crippen LogP contribution in [0.3, 0.4) is 0 Å². The molecule has 0 heterocycles. The maximum Gasteiger partial charge on any atom is 0.0213 e. The van der Waals surface area contributed by atoms with Gasteiger partial charge >= 0.3 is 0 Å². The van der Waals surface area contributed by atoms with Crippen molar-refractivity contribution in [2.45, 2.75) is 39.2 Å². The van der Waals surface area contributed by atoms with Crippen LogP contribution in [0.4, 0.5) is 0 Å². The van der Waals surface area contributed by atoms with Crippen LogP contribution in [0, 0.1) is 5.92 Å². The van der Waals surface area contributed by atoms with E-state index in [9.17, 15) is 0 Å². The van der Waals surface area contributed by atoms with Gasteiger partial charge in [-0.25, -0.2) is 0 Å². The maximum absolute atomic E-state index is 5.80. The fraction of sp³-hybridized carbons (Fsp3) is 0.600. The minimum absolute atomic E-state index is 0.0857. The second-order valence-corrected chi connectivity index (χ2v) is 6.69. The standard InChI is InChI=1S/C15H25BrN2/c1-11(2)14(9-17)18-10-15(3,4)12-7-5-6-8-13(12)16/h5-8,11,14,18H,9-10,17H2,1-4H3. The molecule has 0 fully saturated rings. The number of nitrogens with two attached hydrogens (primary N) is 1. The zero-order chi connectivity index (χ0) is 13.8. The molecular weight excluding hydrogens is 288 g/mol. The minimum atomic E-state index is 0.0857. The molecule has 0 aliphatic heterocycles. The maximum atomic E-state index is 5.80. The van der Waals surface area contributed by atoms with Gasteiger partial charge in [-0.15, -0.1) is 0 Å². The lowest BCUT2D eigenvalue weighted by molar-refractivity contribution is 0.360. The van der Waals surface area contributed by atoms with Gasteiger partial charge in [0.25, 0.3) is 0 Å². The lowest BCUT2D eigenvalue weighted by Crippen LogP contribution is -2.45. The average Bonchev–Trinajstić information content (AvgIpc) is 2.29. The highest BCUT2D eigenvalue weighted by atomic mass is 79.9. The van der Waals surface area contributed by atoms with E-state index in [4.69, 9.17) is 5.73 Å². The fourth-order valence-corrected chi connectivity index (χ4v) is 2.90. The van der Waals surface area contributed by atoms with Crippen LogP contribution in [0.2, 0.25) is 0 Å². The van der Waals surface area contributed by atoms with Crippen LogP contribution in [-0.2, 0) is 5.41 Å². The van der Waals surface area contributed by atoms with E-state index in [2.05, 4.69) is 67.1 Å². The molecule has 1 atom stereocenters. The second-order valence-electron chi connectivity index (χ2n) is 5.83. The predicted molar refractivity (Wildman–Crippen MR) is 82.9 cm³/mol. The Morgan fingerprint density at radius 3 is 2.39 bits per heavy atom. The van der Waals surface area contributed by atoms with Gasteiger partial charge in [-0.3, -0.25) is 0 Å². The van der Waals surface area contributed by atoms with Gasteiger partial charge in [0.05, 0.1) is 0 Å². The van der Waals surface area contributed by atoms with E-state index in [0.717, 1.165) is 6.54 Å². The molecule has 102 valence electrons. The first-order chi connectivity index (χ1) is 8.38. The van der Waals surface area contributed by atoms with Crippen molar-refractivity contribution in [3.8, 4) is 0 Å². The molecule has 0 amide bonds. The first-order valence-corrected chi connectivity index (χ1v) is 7.36. The molecule has 0 saturated carbocycles. The van der Waals surface area contributed by atoms with E-state index >= 15 is 0 Å². The summed E-state index contributed by atoms with van der Waals surface area (Å²) in [5.41, 5.74) is 7.22. The Kier molecular flexibility index (Phi) is 5.83. The summed E-state index contributed by atoms with van der Waals surface area (Å²) in [5, 5.41) is 3.59. The molecule has 0 radical (unpaired) electrons. The van der Waals surface area contributed by atoms with Crippen molar-refractivity contribution >= 4 is 15.9 Å². The normalized spacial score (nSPS) is 13.9. The van der Waals surface area contributed by atoms with Crippen molar-refractivity contribution in [1.82, 2.24) is 5.32 Å². The molecule has 0 aliphatic carbocycles. The van der Waals surface area contributed by atoms with Crippen molar-refractivity contribution in [2.75, 3.05) is 13.1 Å². The molecule has 1 unspecified atom stereocenters. The third-order valence-corrected chi connectivity index (χ3v) is 4.16. The van der Waals surface area contributed by atoms with Gasteiger partial charge < -0.3 is 11.1 Å². The first kappa shape index (κ1) is 15.7. The molecule has 3 N–H and O–H groups in total. The van der Waals surface area contributed by atoms with E-state index in [1.54, 1.807) is 0 Å². The van der Waals surface area contributed by atoms with Crippen LogP contribution in [0.1, 0.15) is 33.3 Å². The molecule has 2 nitrogen and oxygen atoms in total. The number of rotatable bonds is 6. The van der Waals surface area contributed by atoms with Gasteiger partial charge in [-0.1, -0.05) is 61.8 Å². The molecule has 0 aromatic heterocycles. The highest BCUT2D eigenvalue weighted by Crippen LogP contribution is 2.29. The highest BCUT2D eigenvalue weighted by molar-refractivity contribution is 9.10. The van der Waals surface area contributed by atoms with Crippen molar-refractivity contribution in [3.05, 3.63) is 34.3 Å². The summed E-state index contributed by atoms with van der Waals surface area (Å²) in [6, 6.07) is 8.80. The summed E-state index contributed by atoms with van der Waals surface area (Å²) in [5.74, 6) is 0.560. The van der Waals surface area contributed by atoms with Crippen LogP contribution in [0.5, 0.6) is 0 Å². The third-order valence-electron chi connectivity index (χ3n) is 3.47. The van der Waals surface area contributed by atoms with E-state index in [1.165, 1.54) is 10.0 Å². The summed E-state index contributed by atoms with van der Waals surface area (Å²) >= 11 is 3.63. The Morgan fingerprint density at radius 1 is 1.28 bits per heavy atom. The minimum Gasteiger partial charge on any atom is -0.329 e. The summed E-state index contributed by atoms with van der Waals surface area (Å²) in [7, 11) is 0. The monoisotopic (exact) mass is 312 g/mol. The van der Waals surface area contributed by atoms with Gasteiger partial charge in [-0.05, 0) is 17.5 Å². The topological polar surface area (TPSA) is 38.0 Å². The number of benzene rings is 1. The quantitative estimate of drug-likeness (QED) is 0.846. The van der Waals surface area contributed by atoms with Crippen LogP contribution in [-0.4, -0.2) is 19.1 Å². The van der Waals surface area contributed by atoms with E-state index < -0.39 is 0 Å². The molecule has 1 rings (SSSR count). The average molecular weight is 313 g/mol. The Hall–Kier alpha value is -0.380. The zero-order valence-electron chi connectivity index (χ0n) is 11.8. The number of hydrogen-bond donors (Lipinski definition) is 2. The van der Waals surface area contributed by atoms with Crippen LogP contribution in [0.25, 0.3) is 0 Å². The summed E-state index contributed by atoms with van der Waals surface area (Å²) < 4.78 is 1.17. The Balaban J connectivity index is 2.73. The van der Waals surface area contributed by atoms with Gasteiger partial charge in [0.1, 0.15) is 0 Å². The SMILES string of the molecule is CC(C)C(CN)NCC(C)(C)c1ccccc1Br. The second kappa shape index (κ2) is 6.69. The molecule has 3 heteroatoms. The molecule has 18 heavy (non-hydrogen) atoms. The van der Waals surface area contributed by atoms with Crippen molar-refractivity contribution in [2.24, 2.45) is 11.7 Å². The van der Waals surface area contributed by atoms with Gasteiger partial charge in [0, 0.05) is 29.0 Å². The summed E-state index contributed by atoms with van der Waals surface area (Å²) in [6.07, 6.45) is 0. The summed E-state index contributed by atoms with van der Waals surface area (Å²) in [4.78, 5) is 0. The molecule has 1 aromatic rings. The number of halogens is 1. The lowest BCUT2D eigenvalue weighted by Gasteiger charge is -2.30. The Morgan fingerprint density at radius 2 is 1.89 bits per heavy atom. The van der Waals surface area contributed by atoms with Crippen LogP contribution < -0.4 is 11.1 Å². The number of hydrogen-bond acceptors (Lipinski definition) is 2. The molecule has 0 bridgehead atoms. The summed E-state index contributed by atoms with van der Waals surface area (Å²) in [6.45, 7) is 10.5. The molecule has 0 aliphatic rings. The predicted octanol–water partition coefficient (Wildman–Crippen LogP) is 3.30. The number of nitrogens with one attached hydrogen (secondary N) is 1. The molecule has 0 spiro atoms. The highest BCUT2D eigenvalue weighted by Gasteiger charge is 2.24. The fourth-order valence-electron chi connectivity index (χ4n) is 2.08. The Labute approximate surface area is 119 Å². The third kappa shape index (κ3) is 4.08. The largest absolute Gasteiger partial charge is 0.329 e. The van der Waals surface area contributed by atoms with Crippen LogP contribution in [0.15, 0.2) is 28.7 Å². The van der Waals surface area contributed by atoms with Crippen LogP contribution >= 0.6 is 15.9 Å². The molecule has 1 aromatic carbocycles. The molecular formula is C15H25BrN2. The van der Waals surface area contributed by atoms with Gasteiger partial charge in [-0.2, -0.15) is 0 Å². The first-order valence-electron chi connectivity index (χ1n) is 6.57. The van der Waals surface area contributed by atoms with Crippen molar-refractivity contribution < 1.29 is 0 Å². The van der Waals surface area contributed by atoms with Gasteiger partial charge in [0.15, 0.2) is 0 Å². The van der Waals surface area contributed by atoms with Crippen molar-refractivity contribution in [3.63, 3.8) is 0 Å². The lowest BCUT2D eigenvalue weighted by atomic mass is 9.84. The van der Waals surface area contributed by atoms with Crippen molar-refractivity contribution in [1.29, 1.82) is 0 Å².